The molecule has 1 amide bonds. The van der Waals surface area contributed by atoms with Gasteiger partial charge in [-0.1, -0.05) is 24.8 Å². The van der Waals surface area contributed by atoms with Crippen LogP contribution in [0.5, 0.6) is 0 Å². The molecule has 1 fully saturated rings. The van der Waals surface area contributed by atoms with E-state index in [1.165, 1.54) is 22.4 Å². The van der Waals surface area contributed by atoms with Crippen molar-refractivity contribution >= 4 is 35.8 Å². The van der Waals surface area contributed by atoms with Crippen LogP contribution in [0, 0.1) is 6.92 Å². The standard InChI is InChI=1S/C29H34N8O2/c1-5-26(38)32-24-7-6-8-25(19-24)37-27(39)20-31-21(2)28(37)34-29(30-3)33-23-11-9-22(10-12-23)13-14-36-17-15-35(4)16-18-36/h5-12,19-20H,1,3,13-18H2,2,4H3,(H,32,38)(H,33,34). The molecule has 1 saturated heterocycles. The number of aryl methyl sites for hydroxylation is 1. The summed E-state index contributed by atoms with van der Waals surface area (Å²) in [5.74, 6) is 0.172. The number of piperazine rings is 1. The van der Waals surface area contributed by atoms with Gasteiger partial charge in [-0.25, -0.2) is 4.99 Å². The van der Waals surface area contributed by atoms with E-state index >= 15 is 0 Å². The third-order valence-corrected chi connectivity index (χ3v) is 6.57. The molecule has 0 bridgehead atoms. The van der Waals surface area contributed by atoms with Crippen molar-refractivity contribution < 1.29 is 4.79 Å². The van der Waals surface area contributed by atoms with Gasteiger partial charge in [0.15, 0.2) is 5.82 Å². The molecule has 2 heterocycles. The van der Waals surface area contributed by atoms with Gasteiger partial charge in [0.25, 0.3) is 5.56 Å². The highest BCUT2D eigenvalue weighted by molar-refractivity contribution is 5.99. The maximum Gasteiger partial charge on any atom is 0.275 e. The molecule has 1 aliphatic rings. The second-order valence-corrected chi connectivity index (χ2v) is 9.39. The van der Waals surface area contributed by atoms with Gasteiger partial charge in [0, 0.05) is 44.1 Å². The minimum absolute atomic E-state index is 0.223. The van der Waals surface area contributed by atoms with E-state index in [0.29, 0.717) is 22.9 Å². The van der Waals surface area contributed by atoms with E-state index < -0.39 is 0 Å². The Kier molecular flexibility index (Phi) is 9.14. The summed E-state index contributed by atoms with van der Waals surface area (Å²) in [6.45, 7) is 14.4. The number of hydrogen-bond donors (Lipinski definition) is 2. The first-order chi connectivity index (χ1) is 18.9. The maximum atomic E-state index is 12.9. The summed E-state index contributed by atoms with van der Waals surface area (Å²) in [6, 6.07) is 15.0. The van der Waals surface area contributed by atoms with Gasteiger partial charge in [0.05, 0.1) is 17.6 Å². The van der Waals surface area contributed by atoms with Crippen LogP contribution >= 0.6 is 0 Å². The zero-order valence-corrected chi connectivity index (χ0v) is 22.4. The number of amides is 1. The van der Waals surface area contributed by atoms with Gasteiger partial charge >= 0.3 is 0 Å². The summed E-state index contributed by atoms with van der Waals surface area (Å²) < 4.78 is 1.42. The average Bonchev–Trinajstić information content (AvgIpc) is 2.95. The Balaban J connectivity index is 1.53. The number of hydrogen-bond acceptors (Lipinski definition) is 6. The van der Waals surface area contributed by atoms with Crippen LogP contribution in [-0.4, -0.2) is 77.7 Å². The second-order valence-electron chi connectivity index (χ2n) is 9.39. The molecule has 0 radical (unpaired) electrons. The number of aromatic nitrogens is 2. The quantitative estimate of drug-likeness (QED) is 0.265. The van der Waals surface area contributed by atoms with Crippen LogP contribution in [0.4, 0.5) is 17.2 Å². The third-order valence-electron chi connectivity index (χ3n) is 6.57. The molecule has 0 aliphatic carbocycles. The van der Waals surface area contributed by atoms with E-state index in [1.807, 2.05) is 12.1 Å². The number of rotatable bonds is 8. The van der Waals surface area contributed by atoms with Gasteiger partial charge in [-0.3, -0.25) is 19.1 Å². The van der Waals surface area contributed by atoms with Gasteiger partial charge in [-0.15, -0.1) is 0 Å². The van der Waals surface area contributed by atoms with Crippen LogP contribution in [0.2, 0.25) is 0 Å². The molecule has 2 N–H and O–H groups in total. The van der Waals surface area contributed by atoms with Crippen molar-refractivity contribution in [1.29, 1.82) is 0 Å². The minimum atomic E-state index is -0.375. The van der Waals surface area contributed by atoms with Crippen molar-refractivity contribution in [3.63, 3.8) is 0 Å². The lowest BCUT2D eigenvalue weighted by Gasteiger charge is -2.32. The number of carbonyl (C=O) groups is 1. The normalized spacial score (nSPS) is 14.6. The van der Waals surface area contributed by atoms with Crippen molar-refractivity contribution in [2.24, 2.45) is 9.98 Å². The molecule has 2 aromatic carbocycles. The molecule has 1 aliphatic heterocycles. The van der Waals surface area contributed by atoms with Crippen LogP contribution in [-0.2, 0) is 11.2 Å². The average molecular weight is 527 g/mol. The highest BCUT2D eigenvalue weighted by Crippen LogP contribution is 2.22. The Morgan fingerprint density at radius 1 is 1.08 bits per heavy atom. The summed E-state index contributed by atoms with van der Waals surface area (Å²) in [5.41, 5.74) is 3.23. The molecule has 10 heteroatoms. The summed E-state index contributed by atoms with van der Waals surface area (Å²) >= 11 is 0. The van der Waals surface area contributed by atoms with Crippen molar-refractivity contribution in [1.82, 2.24) is 19.4 Å². The van der Waals surface area contributed by atoms with Gasteiger partial charge in [0.2, 0.25) is 11.9 Å². The van der Waals surface area contributed by atoms with Crippen LogP contribution < -0.4 is 16.2 Å². The molecule has 0 atom stereocenters. The third kappa shape index (κ3) is 7.34. The first-order valence-corrected chi connectivity index (χ1v) is 12.8. The summed E-state index contributed by atoms with van der Waals surface area (Å²) in [7, 11) is 2.16. The lowest BCUT2D eigenvalue weighted by Crippen LogP contribution is -2.45. The van der Waals surface area contributed by atoms with Crippen LogP contribution in [0.3, 0.4) is 0 Å². The topological polar surface area (TPSA) is 107 Å². The van der Waals surface area contributed by atoms with Crippen LogP contribution in [0.25, 0.3) is 5.69 Å². The highest BCUT2D eigenvalue weighted by atomic mass is 16.1. The van der Waals surface area contributed by atoms with E-state index in [9.17, 15) is 9.59 Å². The van der Waals surface area contributed by atoms with Gasteiger partial charge in [0.1, 0.15) is 0 Å². The molecule has 3 aromatic rings. The monoisotopic (exact) mass is 526 g/mol. The summed E-state index contributed by atoms with van der Waals surface area (Å²) in [6.07, 6.45) is 3.40. The van der Waals surface area contributed by atoms with Crippen molar-refractivity contribution in [2.75, 3.05) is 50.4 Å². The Morgan fingerprint density at radius 2 is 1.82 bits per heavy atom. The zero-order chi connectivity index (χ0) is 27.8. The molecule has 1 aromatic heterocycles. The number of benzene rings is 2. The molecular formula is C29H34N8O2. The highest BCUT2D eigenvalue weighted by Gasteiger charge is 2.14. The number of anilines is 2. The largest absolute Gasteiger partial charge is 0.324 e. The Bertz CT molecular complexity index is 1420. The van der Waals surface area contributed by atoms with E-state index in [1.54, 1.807) is 31.2 Å². The fraction of sp³-hybridized carbons (Fsp3) is 0.276. The van der Waals surface area contributed by atoms with E-state index in [-0.39, 0.29) is 17.4 Å². The van der Waals surface area contributed by atoms with Crippen molar-refractivity contribution in [3.8, 4) is 5.69 Å². The lowest BCUT2D eigenvalue weighted by molar-refractivity contribution is -0.111. The number of nitrogens with zero attached hydrogens (tertiary/aromatic N) is 6. The van der Waals surface area contributed by atoms with Gasteiger partial charge < -0.3 is 20.4 Å². The smallest absolute Gasteiger partial charge is 0.275 e. The summed E-state index contributed by atoms with van der Waals surface area (Å²) in [5, 5.41) is 5.88. The first-order valence-electron chi connectivity index (χ1n) is 12.8. The Labute approximate surface area is 228 Å². The fourth-order valence-electron chi connectivity index (χ4n) is 4.28. The first kappa shape index (κ1) is 27.6. The van der Waals surface area contributed by atoms with Crippen LogP contribution in [0.15, 0.2) is 82.2 Å². The SMILES string of the molecule is C=CC(=O)Nc1cccc(-n2c(/N=C(\N=C)Nc3ccc(CCN4CCN(C)CC4)cc3)c(C)ncc2=O)c1. The number of likely N-dealkylation sites (N-methyl/N-ethyl adjacent to an activating group) is 1. The minimum Gasteiger partial charge on any atom is -0.324 e. The number of guanidine groups is 1. The Morgan fingerprint density at radius 3 is 2.51 bits per heavy atom. The molecule has 202 valence electrons. The molecule has 0 saturated carbocycles. The number of nitrogens with one attached hydrogen (secondary N) is 2. The zero-order valence-electron chi connectivity index (χ0n) is 22.4. The lowest BCUT2D eigenvalue weighted by atomic mass is 10.1. The molecule has 0 spiro atoms. The fourth-order valence-corrected chi connectivity index (χ4v) is 4.28. The van der Waals surface area contributed by atoms with Gasteiger partial charge in [-0.2, -0.15) is 4.99 Å². The maximum absolute atomic E-state index is 12.9. The number of aliphatic imine (C=N–C) groups is 2. The molecule has 0 unspecified atom stereocenters. The Hall–Kier alpha value is -4.41. The molecule has 10 nitrogen and oxygen atoms in total. The predicted octanol–water partition coefficient (Wildman–Crippen LogP) is 3.26. The van der Waals surface area contributed by atoms with Crippen LogP contribution in [0.1, 0.15) is 11.3 Å². The molecule has 39 heavy (non-hydrogen) atoms. The van der Waals surface area contributed by atoms with E-state index in [0.717, 1.165) is 44.8 Å². The summed E-state index contributed by atoms with van der Waals surface area (Å²) in [4.78, 5) is 42.4. The number of carbonyl (C=O) groups excluding carboxylic acids is 1. The second kappa shape index (κ2) is 12.9. The molecule has 4 rings (SSSR count). The van der Waals surface area contributed by atoms with Crippen molar-refractivity contribution in [2.45, 2.75) is 13.3 Å². The predicted molar refractivity (Wildman–Crippen MR) is 158 cm³/mol. The van der Waals surface area contributed by atoms with Crippen molar-refractivity contribution in [3.05, 3.63) is 89.0 Å². The molecular weight excluding hydrogens is 492 g/mol. The van der Waals surface area contributed by atoms with E-state index in [4.69, 9.17) is 0 Å². The van der Waals surface area contributed by atoms with E-state index in [2.05, 4.69) is 67.9 Å². The van der Waals surface area contributed by atoms with Gasteiger partial charge in [-0.05, 0) is 69.1 Å².